The quantitative estimate of drug-likeness (QED) is 0.737. The molecule has 2 heteroatoms. The molecule has 1 rings (SSSR count). The smallest absolute Gasteiger partial charge is 0.0669 e. The summed E-state index contributed by atoms with van der Waals surface area (Å²) in [7, 11) is 0. The highest BCUT2D eigenvalue weighted by Crippen LogP contribution is 2.27. The molecule has 1 unspecified atom stereocenters. The molecule has 1 aromatic rings. The molecule has 1 aromatic carbocycles. The van der Waals surface area contributed by atoms with Gasteiger partial charge in [0.1, 0.15) is 0 Å². The van der Waals surface area contributed by atoms with E-state index in [0.29, 0.717) is 12.3 Å². The molecule has 0 aliphatic heterocycles. The van der Waals surface area contributed by atoms with E-state index < -0.39 is 0 Å². The summed E-state index contributed by atoms with van der Waals surface area (Å²) in [5, 5.41) is 9.33. The number of rotatable bonds is 3. The monoisotopic (exact) mass is 207 g/mol. The van der Waals surface area contributed by atoms with Crippen molar-refractivity contribution in [1.29, 1.82) is 5.26 Å². The van der Waals surface area contributed by atoms with Gasteiger partial charge in [-0.15, -0.1) is 0 Å². The van der Waals surface area contributed by atoms with Gasteiger partial charge < -0.3 is 0 Å². The second-order valence-electron chi connectivity index (χ2n) is 3.50. The Kier molecular flexibility index (Phi) is 3.98. The van der Waals surface area contributed by atoms with Crippen LogP contribution in [0.15, 0.2) is 18.2 Å². The zero-order chi connectivity index (χ0) is 10.6. The lowest BCUT2D eigenvalue weighted by molar-refractivity contribution is 0.733. The fourth-order valence-electron chi connectivity index (χ4n) is 1.39. The zero-order valence-electron chi connectivity index (χ0n) is 8.55. The number of halogens is 1. The molecule has 0 aliphatic rings. The molecule has 0 aromatic heterocycles. The van der Waals surface area contributed by atoms with Crippen molar-refractivity contribution in [1.82, 2.24) is 0 Å². The molecule has 0 bridgehead atoms. The third-order valence-corrected chi connectivity index (χ3v) is 2.82. The molecular formula is C12H14ClN. The lowest BCUT2D eigenvalue weighted by Gasteiger charge is -2.11. The summed E-state index contributed by atoms with van der Waals surface area (Å²) in [6.45, 7) is 4.30. The van der Waals surface area contributed by atoms with Crippen LogP contribution in [0.1, 0.15) is 37.3 Å². The van der Waals surface area contributed by atoms with Crippen molar-refractivity contribution in [3.05, 3.63) is 34.3 Å². The van der Waals surface area contributed by atoms with E-state index in [2.05, 4.69) is 19.9 Å². The van der Waals surface area contributed by atoms with Crippen molar-refractivity contribution in [3.63, 3.8) is 0 Å². The Morgan fingerprint density at radius 3 is 2.71 bits per heavy atom. The van der Waals surface area contributed by atoms with Crippen molar-refractivity contribution in [2.24, 2.45) is 0 Å². The lowest BCUT2D eigenvalue weighted by atomic mass is 9.97. The minimum atomic E-state index is 0.431. The average molecular weight is 208 g/mol. The number of nitrogens with zero attached hydrogens (tertiary/aromatic N) is 1. The fraction of sp³-hybridized carbons (Fsp3) is 0.417. The van der Waals surface area contributed by atoms with Gasteiger partial charge in [-0.05, 0) is 29.5 Å². The first-order valence-electron chi connectivity index (χ1n) is 4.84. The first-order chi connectivity index (χ1) is 6.69. The maximum atomic E-state index is 8.54. The van der Waals surface area contributed by atoms with Crippen LogP contribution < -0.4 is 0 Å². The lowest BCUT2D eigenvalue weighted by Crippen LogP contribution is -1.93. The largest absolute Gasteiger partial charge is 0.198 e. The van der Waals surface area contributed by atoms with Crippen molar-refractivity contribution in [2.45, 2.75) is 32.6 Å². The molecule has 0 saturated carbocycles. The summed E-state index contributed by atoms with van der Waals surface area (Å²) in [6.07, 6.45) is 1.51. The summed E-state index contributed by atoms with van der Waals surface area (Å²) in [4.78, 5) is 0. The van der Waals surface area contributed by atoms with E-state index in [1.165, 1.54) is 5.56 Å². The predicted molar refractivity (Wildman–Crippen MR) is 59.5 cm³/mol. The molecule has 74 valence electrons. The van der Waals surface area contributed by atoms with Crippen molar-refractivity contribution in [3.8, 4) is 6.07 Å². The number of nitriles is 1. The summed E-state index contributed by atoms with van der Waals surface area (Å²) < 4.78 is 0. The second kappa shape index (κ2) is 5.02. The minimum absolute atomic E-state index is 0.431. The fourth-order valence-corrected chi connectivity index (χ4v) is 1.78. The van der Waals surface area contributed by atoms with Crippen molar-refractivity contribution in [2.75, 3.05) is 0 Å². The van der Waals surface area contributed by atoms with E-state index in [1.54, 1.807) is 0 Å². The Labute approximate surface area is 90.3 Å². The highest BCUT2D eigenvalue weighted by atomic mass is 35.5. The van der Waals surface area contributed by atoms with E-state index in [1.807, 2.05) is 18.2 Å². The van der Waals surface area contributed by atoms with Crippen LogP contribution in [0.2, 0.25) is 5.02 Å². The van der Waals surface area contributed by atoms with E-state index in [4.69, 9.17) is 16.9 Å². The van der Waals surface area contributed by atoms with E-state index in [0.717, 1.165) is 17.0 Å². The molecule has 0 fully saturated rings. The maximum Gasteiger partial charge on any atom is 0.0669 e. The van der Waals surface area contributed by atoms with Crippen LogP contribution in [0.4, 0.5) is 0 Å². The molecular weight excluding hydrogens is 194 g/mol. The van der Waals surface area contributed by atoms with E-state index in [9.17, 15) is 0 Å². The van der Waals surface area contributed by atoms with Crippen LogP contribution in [0.25, 0.3) is 0 Å². The van der Waals surface area contributed by atoms with Gasteiger partial charge in [-0.2, -0.15) is 5.26 Å². The maximum absolute atomic E-state index is 8.54. The Bertz CT molecular complexity index is 352. The summed E-state index contributed by atoms with van der Waals surface area (Å²) in [5.41, 5.74) is 2.17. The van der Waals surface area contributed by atoms with Gasteiger partial charge in [0.15, 0.2) is 0 Å². The van der Waals surface area contributed by atoms with Crippen LogP contribution in [0, 0.1) is 11.3 Å². The number of hydrogen-bond acceptors (Lipinski definition) is 1. The third-order valence-electron chi connectivity index (χ3n) is 2.49. The SMILES string of the molecule is CCC(C)c1ccc(CC#N)cc1Cl. The van der Waals surface area contributed by atoms with Gasteiger partial charge in [0.25, 0.3) is 0 Å². The molecule has 14 heavy (non-hydrogen) atoms. The van der Waals surface area contributed by atoms with Crippen molar-refractivity contribution >= 4 is 11.6 Å². The highest BCUT2D eigenvalue weighted by Gasteiger charge is 2.07. The summed E-state index contributed by atoms with van der Waals surface area (Å²) in [6, 6.07) is 8.02. The van der Waals surface area contributed by atoms with Gasteiger partial charge in [-0.25, -0.2) is 0 Å². The highest BCUT2D eigenvalue weighted by molar-refractivity contribution is 6.31. The number of benzene rings is 1. The number of hydrogen-bond donors (Lipinski definition) is 0. The van der Waals surface area contributed by atoms with E-state index in [-0.39, 0.29) is 0 Å². The van der Waals surface area contributed by atoms with E-state index >= 15 is 0 Å². The molecule has 1 atom stereocenters. The van der Waals surface area contributed by atoms with Crippen LogP contribution in [-0.4, -0.2) is 0 Å². The van der Waals surface area contributed by atoms with Crippen LogP contribution in [0.3, 0.4) is 0 Å². The molecule has 0 N–H and O–H groups in total. The second-order valence-corrected chi connectivity index (χ2v) is 3.91. The topological polar surface area (TPSA) is 23.8 Å². The minimum Gasteiger partial charge on any atom is -0.198 e. The van der Waals surface area contributed by atoms with Gasteiger partial charge in [-0.3, -0.25) is 0 Å². The molecule has 0 amide bonds. The zero-order valence-corrected chi connectivity index (χ0v) is 9.30. The molecule has 0 aliphatic carbocycles. The van der Waals surface area contributed by atoms with Crippen LogP contribution in [-0.2, 0) is 6.42 Å². The standard InChI is InChI=1S/C12H14ClN/c1-3-9(2)11-5-4-10(6-7-14)8-12(11)13/h4-5,8-9H,3,6H2,1-2H3. The molecule has 0 heterocycles. The molecule has 0 radical (unpaired) electrons. The Morgan fingerprint density at radius 2 is 2.21 bits per heavy atom. The van der Waals surface area contributed by atoms with Gasteiger partial charge >= 0.3 is 0 Å². The van der Waals surface area contributed by atoms with Gasteiger partial charge in [0.05, 0.1) is 12.5 Å². The van der Waals surface area contributed by atoms with Crippen LogP contribution in [0.5, 0.6) is 0 Å². The average Bonchev–Trinajstić information content (AvgIpc) is 2.17. The molecule has 0 spiro atoms. The Hall–Kier alpha value is -1.00. The Balaban J connectivity index is 2.96. The normalized spacial score (nSPS) is 12.1. The van der Waals surface area contributed by atoms with Crippen molar-refractivity contribution < 1.29 is 0 Å². The molecule has 0 saturated heterocycles. The summed E-state index contributed by atoms with van der Waals surface area (Å²) in [5.74, 6) is 0.485. The summed E-state index contributed by atoms with van der Waals surface area (Å²) >= 11 is 6.13. The Morgan fingerprint density at radius 1 is 1.50 bits per heavy atom. The molecule has 1 nitrogen and oxygen atoms in total. The van der Waals surface area contributed by atoms with Gasteiger partial charge in [0, 0.05) is 5.02 Å². The predicted octanol–water partition coefficient (Wildman–Crippen LogP) is 3.92. The van der Waals surface area contributed by atoms with Gasteiger partial charge in [-0.1, -0.05) is 37.6 Å². The first-order valence-corrected chi connectivity index (χ1v) is 5.22. The van der Waals surface area contributed by atoms with Gasteiger partial charge in [0.2, 0.25) is 0 Å². The first kappa shape index (κ1) is 11.1. The third kappa shape index (κ3) is 2.49. The van der Waals surface area contributed by atoms with Crippen LogP contribution >= 0.6 is 11.6 Å².